The molecule has 1 fully saturated rings. The summed E-state index contributed by atoms with van der Waals surface area (Å²) in [5.74, 6) is 0.383. The fourth-order valence-corrected chi connectivity index (χ4v) is 3.71. The van der Waals surface area contributed by atoms with E-state index in [-0.39, 0.29) is 30.3 Å². The van der Waals surface area contributed by atoms with Crippen LogP contribution in [-0.4, -0.2) is 71.2 Å². The van der Waals surface area contributed by atoms with E-state index in [0.29, 0.717) is 17.9 Å². The lowest BCUT2D eigenvalue weighted by Crippen LogP contribution is -2.58. The standard InChI is InChI=1S/C22H33N3O5/c1-7-18-12-19(25(27)28)8-9-20(18)29-11-10-23-13-16(2)24(17(3)14-23)15-21(26)30-22(4,5)6/h7-9,12,16-17H,1,10-11,13-15H2,2-6H3/t16-,17+. The number of esters is 1. The van der Waals surface area contributed by atoms with Gasteiger partial charge in [0.05, 0.1) is 11.5 Å². The van der Waals surface area contributed by atoms with Gasteiger partial charge in [-0.1, -0.05) is 12.7 Å². The molecule has 2 rings (SSSR count). The van der Waals surface area contributed by atoms with E-state index in [1.807, 2.05) is 20.8 Å². The van der Waals surface area contributed by atoms with Gasteiger partial charge in [0.1, 0.15) is 18.0 Å². The molecule has 0 N–H and O–H groups in total. The first-order valence-corrected chi connectivity index (χ1v) is 10.2. The zero-order valence-electron chi connectivity index (χ0n) is 18.6. The third kappa shape index (κ3) is 6.81. The fraction of sp³-hybridized carbons (Fsp3) is 0.591. The number of non-ortho nitro benzene ring substituents is 1. The van der Waals surface area contributed by atoms with Crippen LogP contribution in [0.1, 0.15) is 40.2 Å². The molecule has 1 aliphatic rings. The van der Waals surface area contributed by atoms with Gasteiger partial charge in [0.15, 0.2) is 0 Å². The second-order valence-electron chi connectivity index (χ2n) is 8.75. The number of hydrogen-bond donors (Lipinski definition) is 0. The topological polar surface area (TPSA) is 85.2 Å². The van der Waals surface area contributed by atoms with Gasteiger partial charge >= 0.3 is 5.97 Å². The van der Waals surface area contributed by atoms with E-state index in [2.05, 4.69) is 30.2 Å². The molecule has 30 heavy (non-hydrogen) atoms. The molecule has 0 unspecified atom stereocenters. The Kier molecular flexibility index (Phi) is 7.97. The van der Waals surface area contributed by atoms with Gasteiger partial charge in [-0.3, -0.25) is 24.7 Å². The summed E-state index contributed by atoms with van der Waals surface area (Å²) in [7, 11) is 0. The third-order valence-electron chi connectivity index (χ3n) is 5.00. The summed E-state index contributed by atoms with van der Waals surface area (Å²) in [6.07, 6.45) is 1.56. The molecule has 0 aliphatic carbocycles. The number of nitrogens with zero attached hydrogens (tertiary/aromatic N) is 3. The minimum atomic E-state index is -0.481. The Morgan fingerprint density at radius 3 is 2.47 bits per heavy atom. The van der Waals surface area contributed by atoms with E-state index in [4.69, 9.17) is 9.47 Å². The molecule has 0 amide bonds. The van der Waals surface area contributed by atoms with Gasteiger partial charge in [0, 0.05) is 49.4 Å². The van der Waals surface area contributed by atoms with E-state index in [9.17, 15) is 14.9 Å². The SMILES string of the molecule is C=Cc1cc([N+](=O)[O-])ccc1OCCN1C[C@@H](C)N(CC(=O)OC(C)(C)C)[C@@H](C)C1. The number of benzene rings is 1. The summed E-state index contributed by atoms with van der Waals surface area (Å²) in [6, 6.07) is 4.93. The Bertz CT molecular complexity index is 763. The molecule has 1 aliphatic heterocycles. The maximum Gasteiger partial charge on any atom is 0.320 e. The molecule has 166 valence electrons. The molecular weight excluding hydrogens is 386 g/mol. The quantitative estimate of drug-likeness (QED) is 0.363. The maximum absolute atomic E-state index is 12.2. The van der Waals surface area contributed by atoms with Crippen molar-refractivity contribution in [2.24, 2.45) is 0 Å². The van der Waals surface area contributed by atoms with Crippen LogP contribution in [0.15, 0.2) is 24.8 Å². The highest BCUT2D eigenvalue weighted by Crippen LogP contribution is 2.25. The largest absolute Gasteiger partial charge is 0.492 e. The Labute approximate surface area is 178 Å². The van der Waals surface area contributed by atoms with Crippen LogP contribution in [0.5, 0.6) is 5.75 Å². The lowest BCUT2D eigenvalue weighted by Gasteiger charge is -2.44. The summed E-state index contributed by atoms with van der Waals surface area (Å²) >= 11 is 0. The van der Waals surface area contributed by atoms with Gasteiger partial charge in [-0.05, 0) is 40.7 Å². The fourth-order valence-electron chi connectivity index (χ4n) is 3.71. The second-order valence-corrected chi connectivity index (χ2v) is 8.75. The minimum Gasteiger partial charge on any atom is -0.492 e. The third-order valence-corrected chi connectivity index (χ3v) is 5.00. The normalized spacial score (nSPS) is 20.6. The van der Waals surface area contributed by atoms with Crippen molar-refractivity contribution >= 4 is 17.7 Å². The van der Waals surface area contributed by atoms with Crippen LogP contribution < -0.4 is 4.74 Å². The molecule has 1 saturated heterocycles. The van der Waals surface area contributed by atoms with Crippen molar-refractivity contribution < 1.29 is 19.2 Å². The van der Waals surface area contributed by atoms with Gasteiger partial charge in [0.25, 0.3) is 5.69 Å². The highest BCUT2D eigenvalue weighted by atomic mass is 16.6. The van der Waals surface area contributed by atoms with E-state index in [1.165, 1.54) is 12.1 Å². The monoisotopic (exact) mass is 419 g/mol. The molecule has 2 atom stereocenters. The van der Waals surface area contributed by atoms with E-state index in [1.54, 1.807) is 12.1 Å². The van der Waals surface area contributed by atoms with Crippen molar-refractivity contribution in [3.63, 3.8) is 0 Å². The predicted octanol–water partition coefficient (Wildman–Crippen LogP) is 3.35. The first kappa shape index (κ1) is 23.8. The molecule has 0 saturated carbocycles. The number of carbonyl (C=O) groups excluding carboxylic acids is 1. The molecule has 1 aromatic carbocycles. The second kappa shape index (κ2) is 10.0. The highest BCUT2D eigenvalue weighted by molar-refractivity contribution is 5.72. The van der Waals surface area contributed by atoms with Crippen molar-refractivity contribution in [2.45, 2.75) is 52.3 Å². The van der Waals surface area contributed by atoms with Crippen molar-refractivity contribution in [1.29, 1.82) is 0 Å². The highest BCUT2D eigenvalue weighted by Gasteiger charge is 2.31. The number of hydrogen-bond acceptors (Lipinski definition) is 7. The smallest absolute Gasteiger partial charge is 0.320 e. The van der Waals surface area contributed by atoms with Crippen LogP contribution >= 0.6 is 0 Å². The van der Waals surface area contributed by atoms with Crippen molar-refractivity contribution in [3.8, 4) is 5.75 Å². The maximum atomic E-state index is 12.2. The van der Waals surface area contributed by atoms with Crippen LogP contribution in [0.2, 0.25) is 0 Å². The number of ether oxygens (including phenoxy) is 2. The van der Waals surface area contributed by atoms with Crippen molar-refractivity contribution in [2.75, 3.05) is 32.8 Å². The zero-order chi connectivity index (χ0) is 22.5. The van der Waals surface area contributed by atoms with E-state index >= 15 is 0 Å². The van der Waals surface area contributed by atoms with Crippen LogP contribution in [0.25, 0.3) is 6.08 Å². The number of carbonyl (C=O) groups is 1. The molecule has 1 heterocycles. The molecule has 8 nitrogen and oxygen atoms in total. The predicted molar refractivity (Wildman–Crippen MR) is 117 cm³/mol. The number of piperazine rings is 1. The molecule has 0 aromatic heterocycles. The van der Waals surface area contributed by atoms with Gasteiger partial charge in [-0.25, -0.2) is 0 Å². The van der Waals surface area contributed by atoms with Crippen LogP contribution in [0.4, 0.5) is 5.69 Å². The lowest BCUT2D eigenvalue weighted by molar-refractivity contribution is -0.384. The molecule has 0 radical (unpaired) electrons. The summed E-state index contributed by atoms with van der Waals surface area (Å²) < 4.78 is 11.3. The minimum absolute atomic E-state index is 0.0148. The molecular formula is C22H33N3O5. The summed E-state index contributed by atoms with van der Waals surface area (Å²) in [4.78, 5) is 27.2. The average molecular weight is 420 g/mol. The first-order valence-electron chi connectivity index (χ1n) is 10.2. The first-order chi connectivity index (χ1) is 14.0. The van der Waals surface area contributed by atoms with Crippen LogP contribution in [0, 0.1) is 10.1 Å². The van der Waals surface area contributed by atoms with E-state index < -0.39 is 10.5 Å². The Balaban J connectivity index is 1.87. The Hall–Kier alpha value is -2.45. The van der Waals surface area contributed by atoms with Gasteiger partial charge in [-0.2, -0.15) is 0 Å². The Morgan fingerprint density at radius 2 is 1.93 bits per heavy atom. The van der Waals surface area contributed by atoms with Crippen molar-refractivity contribution in [1.82, 2.24) is 9.80 Å². The number of rotatable bonds is 8. The van der Waals surface area contributed by atoms with Crippen molar-refractivity contribution in [3.05, 3.63) is 40.5 Å². The average Bonchev–Trinajstić information content (AvgIpc) is 2.63. The molecule has 0 bridgehead atoms. The van der Waals surface area contributed by atoms with Gasteiger partial charge in [0.2, 0.25) is 0 Å². The van der Waals surface area contributed by atoms with Crippen LogP contribution in [0.3, 0.4) is 0 Å². The van der Waals surface area contributed by atoms with Gasteiger partial charge in [-0.15, -0.1) is 0 Å². The molecule has 1 aromatic rings. The van der Waals surface area contributed by atoms with Crippen LogP contribution in [-0.2, 0) is 9.53 Å². The Morgan fingerprint density at radius 1 is 1.30 bits per heavy atom. The lowest BCUT2D eigenvalue weighted by atomic mass is 10.1. The summed E-state index contributed by atoms with van der Waals surface area (Å²) in [5.41, 5.74) is 0.138. The summed E-state index contributed by atoms with van der Waals surface area (Å²) in [6.45, 7) is 16.7. The molecule has 8 heteroatoms. The summed E-state index contributed by atoms with van der Waals surface area (Å²) in [5, 5.41) is 10.9. The zero-order valence-corrected chi connectivity index (χ0v) is 18.6. The van der Waals surface area contributed by atoms with Gasteiger partial charge < -0.3 is 9.47 Å². The molecule has 0 spiro atoms. The van der Waals surface area contributed by atoms with E-state index in [0.717, 1.165) is 19.6 Å². The number of nitro benzene ring substituents is 1. The number of nitro groups is 1.